The molecule has 0 atom stereocenters. The van der Waals surface area contributed by atoms with Gasteiger partial charge in [0.2, 0.25) is 11.2 Å². The fraction of sp³-hybridized carbons (Fsp3) is 0.375. The predicted octanol–water partition coefficient (Wildman–Crippen LogP) is 3.14. The minimum absolute atomic E-state index is 0.0231. The number of likely N-dealkylation sites (tertiary alicyclic amines) is 1. The van der Waals surface area contributed by atoms with E-state index in [9.17, 15) is 23.1 Å². The molecule has 176 valence electrons. The lowest BCUT2D eigenvalue weighted by Gasteiger charge is -2.26. The molecule has 0 radical (unpaired) electrons. The van der Waals surface area contributed by atoms with E-state index in [4.69, 9.17) is 13.9 Å². The zero-order valence-electron chi connectivity index (χ0n) is 18.3. The number of ether oxygens (including phenoxy) is 2. The van der Waals surface area contributed by atoms with E-state index in [0.29, 0.717) is 5.75 Å². The van der Waals surface area contributed by atoms with Gasteiger partial charge in [-0.3, -0.25) is 4.79 Å². The van der Waals surface area contributed by atoms with Gasteiger partial charge in [-0.15, -0.1) is 0 Å². The third kappa shape index (κ3) is 4.37. The molecule has 1 aliphatic heterocycles. The molecule has 9 heteroatoms. The van der Waals surface area contributed by atoms with Gasteiger partial charge in [-0.1, -0.05) is 17.9 Å². The number of alkyl halides is 3. The quantitative estimate of drug-likeness (QED) is 0.629. The van der Waals surface area contributed by atoms with Crippen LogP contribution in [0.1, 0.15) is 30.6 Å². The molecule has 2 heterocycles. The Morgan fingerprint density at radius 3 is 2.36 bits per heavy atom. The first-order valence-electron chi connectivity index (χ1n) is 10.7. The van der Waals surface area contributed by atoms with Crippen LogP contribution in [0.4, 0.5) is 13.2 Å². The summed E-state index contributed by atoms with van der Waals surface area (Å²) < 4.78 is 58.0. The van der Waals surface area contributed by atoms with E-state index in [1.807, 2.05) is 0 Å². The highest BCUT2D eigenvalue weighted by atomic mass is 19.4. The maximum atomic E-state index is 14.1. The second-order valence-electron chi connectivity index (χ2n) is 8.11. The molecule has 0 spiro atoms. The van der Waals surface area contributed by atoms with Crippen molar-refractivity contribution in [3.05, 3.63) is 51.9 Å². The van der Waals surface area contributed by atoms with Gasteiger partial charge in [0.05, 0.1) is 38.3 Å². The number of fused-ring (bicyclic) bond motifs is 1. The molecule has 33 heavy (non-hydrogen) atoms. The highest BCUT2D eigenvalue weighted by molar-refractivity contribution is 5.87. The van der Waals surface area contributed by atoms with Crippen molar-refractivity contribution in [1.82, 2.24) is 0 Å². The van der Waals surface area contributed by atoms with Crippen LogP contribution >= 0.6 is 0 Å². The normalized spacial score (nSPS) is 15.1. The number of halogens is 3. The van der Waals surface area contributed by atoms with Crippen LogP contribution in [0.3, 0.4) is 0 Å². The summed E-state index contributed by atoms with van der Waals surface area (Å²) in [6.45, 7) is 1.85. The topological polar surface area (TPSA) is 76.2 Å². The molecule has 1 fully saturated rings. The molecule has 4 rings (SSSR count). The molecule has 0 saturated carbocycles. The number of rotatable bonds is 5. The highest BCUT2D eigenvalue weighted by Gasteiger charge is 2.40. The highest BCUT2D eigenvalue weighted by Crippen LogP contribution is 2.40. The minimum atomic E-state index is -4.95. The molecular weight excluding hydrogens is 439 g/mol. The monoisotopic (exact) mass is 463 g/mol. The minimum Gasteiger partial charge on any atom is -0.872 e. The van der Waals surface area contributed by atoms with Crippen molar-refractivity contribution in [3.8, 4) is 28.4 Å². The lowest BCUT2D eigenvalue weighted by atomic mass is 9.99. The predicted molar refractivity (Wildman–Crippen MR) is 114 cm³/mol. The van der Waals surface area contributed by atoms with Crippen molar-refractivity contribution in [1.29, 1.82) is 0 Å². The van der Waals surface area contributed by atoms with Crippen LogP contribution in [0.25, 0.3) is 22.1 Å². The Hall–Kier alpha value is -3.20. The van der Waals surface area contributed by atoms with E-state index in [-0.39, 0.29) is 34.4 Å². The van der Waals surface area contributed by atoms with Gasteiger partial charge in [-0.05, 0) is 43.0 Å². The Morgan fingerprint density at radius 2 is 1.73 bits per heavy atom. The summed E-state index contributed by atoms with van der Waals surface area (Å²) in [7, 11) is 2.75. The fourth-order valence-corrected chi connectivity index (χ4v) is 4.40. The van der Waals surface area contributed by atoms with E-state index >= 15 is 0 Å². The van der Waals surface area contributed by atoms with Crippen molar-refractivity contribution < 1.29 is 37.1 Å². The molecule has 0 aliphatic carbocycles. The average Bonchev–Trinajstić information content (AvgIpc) is 2.80. The third-order valence-electron chi connectivity index (χ3n) is 6.04. The van der Waals surface area contributed by atoms with Gasteiger partial charge in [0.1, 0.15) is 12.1 Å². The van der Waals surface area contributed by atoms with Crippen LogP contribution in [0.15, 0.2) is 39.5 Å². The molecule has 2 aromatic carbocycles. The fourth-order valence-electron chi connectivity index (χ4n) is 4.40. The van der Waals surface area contributed by atoms with Crippen molar-refractivity contribution >= 4 is 11.0 Å². The Morgan fingerprint density at radius 1 is 1.03 bits per heavy atom. The molecule has 6 nitrogen and oxygen atoms in total. The lowest BCUT2D eigenvalue weighted by molar-refractivity contribution is -0.918. The van der Waals surface area contributed by atoms with Crippen molar-refractivity contribution in [2.24, 2.45) is 0 Å². The summed E-state index contributed by atoms with van der Waals surface area (Å²) in [5.74, 6) is -1.39. The molecule has 1 N–H and O–H groups in total. The van der Waals surface area contributed by atoms with E-state index in [0.717, 1.165) is 37.3 Å². The van der Waals surface area contributed by atoms with Crippen LogP contribution in [0, 0.1) is 0 Å². The smallest absolute Gasteiger partial charge is 0.450 e. The molecule has 0 unspecified atom stereocenters. The molecule has 1 aromatic heterocycles. The zero-order chi connectivity index (χ0) is 23.8. The SMILES string of the molecule is COc1ccc(-c2c(C(F)(F)F)oc3c(C[NH+]4CCCCC4)c([O-])ccc3c2=O)cc1OC. The van der Waals surface area contributed by atoms with E-state index in [1.54, 1.807) is 0 Å². The number of methoxy groups -OCH3 is 2. The average molecular weight is 463 g/mol. The Bertz CT molecular complexity index is 1230. The molecule has 1 aliphatic rings. The van der Waals surface area contributed by atoms with Crippen molar-refractivity contribution in [3.63, 3.8) is 0 Å². The number of nitrogens with one attached hydrogen (secondary N) is 1. The van der Waals surface area contributed by atoms with E-state index in [2.05, 4.69) is 0 Å². The number of benzene rings is 2. The van der Waals surface area contributed by atoms with Gasteiger partial charge in [0, 0.05) is 5.56 Å². The largest absolute Gasteiger partial charge is 0.872 e. The molecular formula is C24H24F3NO5. The number of quaternary nitrogens is 1. The Balaban J connectivity index is 1.96. The van der Waals surface area contributed by atoms with Crippen LogP contribution in [0.2, 0.25) is 0 Å². The summed E-state index contributed by atoms with van der Waals surface area (Å²) in [5.41, 5.74) is -1.70. The lowest BCUT2D eigenvalue weighted by Crippen LogP contribution is -3.11. The standard InChI is InChI=1S/C24H24F3NO5/c1-31-18-9-6-14(12-19(18)32-2)20-21(30)15-7-8-17(29)16(13-28-10-4-3-5-11-28)22(15)33-23(20)24(25,26)27/h6-9,12,29H,3-5,10-11,13H2,1-2H3. The van der Waals surface area contributed by atoms with Crippen LogP contribution in [0.5, 0.6) is 17.2 Å². The van der Waals surface area contributed by atoms with Gasteiger partial charge < -0.3 is 23.9 Å². The second kappa shape index (κ2) is 8.97. The van der Waals surface area contributed by atoms with Crippen molar-refractivity contribution in [2.45, 2.75) is 32.0 Å². The van der Waals surface area contributed by atoms with Crippen molar-refractivity contribution in [2.75, 3.05) is 27.3 Å². The first-order chi connectivity index (χ1) is 15.7. The summed E-state index contributed by atoms with van der Waals surface area (Å²) in [6, 6.07) is 6.53. The number of hydrogen-bond donors (Lipinski definition) is 1. The van der Waals surface area contributed by atoms with Gasteiger partial charge in [-0.2, -0.15) is 13.2 Å². The Kier molecular flexibility index (Phi) is 6.25. The summed E-state index contributed by atoms with van der Waals surface area (Å²) in [4.78, 5) is 14.5. The number of hydrogen-bond acceptors (Lipinski definition) is 5. The van der Waals surface area contributed by atoms with Gasteiger partial charge in [0.15, 0.2) is 11.5 Å². The van der Waals surface area contributed by atoms with Gasteiger partial charge in [-0.25, -0.2) is 0 Å². The maximum absolute atomic E-state index is 14.1. The summed E-state index contributed by atoms with van der Waals surface area (Å²) in [6.07, 6.45) is -1.90. The second-order valence-corrected chi connectivity index (χ2v) is 8.11. The Labute approximate surface area is 188 Å². The molecule has 3 aromatic rings. The van der Waals surface area contributed by atoms with Gasteiger partial charge in [0.25, 0.3) is 0 Å². The zero-order valence-corrected chi connectivity index (χ0v) is 18.3. The maximum Gasteiger partial charge on any atom is 0.450 e. The molecule has 0 bridgehead atoms. The van der Waals surface area contributed by atoms with Crippen LogP contribution < -0.4 is 24.9 Å². The van der Waals surface area contributed by atoms with E-state index in [1.165, 1.54) is 44.6 Å². The first kappa shape index (κ1) is 23.0. The molecule has 0 amide bonds. The first-order valence-corrected chi connectivity index (χ1v) is 10.7. The van der Waals surface area contributed by atoms with Crippen LogP contribution in [-0.2, 0) is 12.7 Å². The summed E-state index contributed by atoms with van der Waals surface area (Å²) in [5, 5.41) is 12.5. The molecule has 1 saturated heterocycles. The van der Waals surface area contributed by atoms with Crippen LogP contribution in [-0.4, -0.2) is 27.3 Å². The number of piperidine rings is 1. The van der Waals surface area contributed by atoms with E-state index < -0.39 is 28.7 Å². The third-order valence-corrected chi connectivity index (χ3v) is 6.04. The van der Waals surface area contributed by atoms with Gasteiger partial charge >= 0.3 is 6.18 Å². The summed E-state index contributed by atoms with van der Waals surface area (Å²) >= 11 is 0.